The number of carbonyl (C=O) groups is 2. The second-order valence-electron chi connectivity index (χ2n) is 6.61. The monoisotopic (exact) mass is 379 g/mol. The molecule has 1 amide bonds. The zero-order valence-electron chi connectivity index (χ0n) is 14.9. The Morgan fingerprint density at radius 3 is 2.00 bits per heavy atom. The third-order valence-corrected chi connectivity index (χ3v) is 4.01. The molecule has 1 N–H and O–H groups in total. The summed E-state index contributed by atoms with van der Waals surface area (Å²) in [5.41, 5.74) is -1.29. The Kier molecular flexibility index (Phi) is 6.25. The Balaban J connectivity index is 2.13. The molecule has 27 heavy (non-hydrogen) atoms. The molecule has 0 spiro atoms. The normalized spacial score (nSPS) is 12.9. The highest BCUT2D eigenvalue weighted by Gasteiger charge is 2.54. The van der Waals surface area contributed by atoms with Gasteiger partial charge in [-0.1, -0.05) is 60.7 Å². The topological polar surface area (TPSA) is 55.4 Å². The number of carbonyl (C=O) groups excluding carboxylic acids is 2. The molecule has 0 saturated carbocycles. The summed E-state index contributed by atoms with van der Waals surface area (Å²) in [5.74, 6) is -3.53. The van der Waals surface area contributed by atoms with Crippen LogP contribution in [0.15, 0.2) is 60.7 Å². The van der Waals surface area contributed by atoms with Crippen LogP contribution in [0.1, 0.15) is 29.8 Å². The Hall–Kier alpha value is -2.83. The van der Waals surface area contributed by atoms with Crippen LogP contribution in [0.5, 0.6) is 0 Å². The number of hydrogen-bond donors (Lipinski definition) is 1. The van der Waals surface area contributed by atoms with Crippen LogP contribution in [0.3, 0.4) is 0 Å². The first-order valence-corrected chi connectivity index (χ1v) is 8.26. The summed E-state index contributed by atoms with van der Waals surface area (Å²) < 4.78 is 45.9. The van der Waals surface area contributed by atoms with Crippen LogP contribution in [0.25, 0.3) is 0 Å². The van der Waals surface area contributed by atoms with Crippen LogP contribution in [-0.2, 0) is 11.3 Å². The fourth-order valence-electron chi connectivity index (χ4n) is 2.75. The fourth-order valence-corrected chi connectivity index (χ4v) is 2.75. The lowest BCUT2D eigenvalue weighted by Gasteiger charge is -2.35. The number of benzene rings is 2. The molecule has 0 bridgehead atoms. The summed E-state index contributed by atoms with van der Waals surface area (Å²) >= 11 is 0. The van der Waals surface area contributed by atoms with Gasteiger partial charge in [0.2, 0.25) is 0 Å². The van der Waals surface area contributed by atoms with E-state index in [9.17, 15) is 22.8 Å². The lowest BCUT2D eigenvalue weighted by molar-refractivity contribution is -0.176. The fraction of sp³-hybridized carbons (Fsp3) is 0.300. The van der Waals surface area contributed by atoms with E-state index in [2.05, 4.69) is 5.32 Å². The maximum atomic E-state index is 13.6. The van der Waals surface area contributed by atoms with Gasteiger partial charge in [-0.15, -0.1) is 0 Å². The highest BCUT2D eigenvalue weighted by atomic mass is 19.4. The smallest absolute Gasteiger partial charge is 0.407 e. The molecule has 4 nitrogen and oxygen atoms in total. The quantitative estimate of drug-likeness (QED) is 0.737. The molecule has 0 aliphatic carbocycles. The van der Waals surface area contributed by atoms with E-state index in [1.165, 1.54) is 24.3 Å². The molecular weight excluding hydrogens is 359 g/mol. The van der Waals surface area contributed by atoms with Crippen molar-refractivity contribution in [2.75, 3.05) is 0 Å². The van der Waals surface area contributed by atoms with Crippen molar-refractivity contribution >= 4 is 11.9 Å². The first-order valence-electron chi connectivity index (χ1n) is 8.26. The Morgan fingerprint density at radius 1 is 0.963 bits per heavy atom. The highest BCUT2D eigenvalue weighted by Crippen LogP contribution is 2.37. The van der Waals surface area contributed by atoms with Crippen molar-refractivity contribution in [2.45, 2.75) is 32.2 Å². The molecule has 0 fully saturated rings. The minimum atomic E-state index is -4.84. The Bertz CT molecular complexity index is 774. The first-order chi connectivity index (χ1) is 12.6. The van der Waals surface area contributed by atoms with Gasteiger partial charge in [-0.05, 0) is 19.4 Å². The van der Waals surface area contributed by atoms with Crippen molar-refractivity contribution in [3.63, 3.8) is 0 Å². The number of alkyl carbamates (subject to hydrolysis) is 1. The molecule has 7 heteroatoms. The van der Waals surface area contributed by atoms with Crippen molar-refractivity contribution in [3.05, 3.63) is 71.8 Å². The third kappa shape index (κ3) is 5.57. The molecule has 0 aromatic heterocycles. The second-order valence-corrected chi connectivity index (χ2v) is 6.61. The van der Waals surface area contributed by atoms with Crippen molar-refractivity contribution in [3.8, 4) is 0 Å². The molecule has 144 valence electrons. The molecule has 2 rings (SSSR count). The summed E-state index contributed by atoms with van der Waals surface area (Å²) in [6.07, 6.45) is -5.87. The SMILES string of the molecule is CC(C)(NC(=O)OCc1ccccc1)[C@H](C(=O)c1ccccc1)C(F)(F)F. The van der Waals surface area contributed by atoms with E-state index in [1.54, 1.807) is 36.4 Å². The number of rotatable bonds is 6. The zero-order valence-corrected chi connectivity index (χ0v) is 14.9. The molecule has 2 aromatic rings. The van der Waals surface area contributed by atoms with E-state index < -0.39 is 29.5 Å². The number of amides is 1. The molecule has 0 aliphatic rings. The Labute approximate surface area is 155 Å². The molecule has 0 heterocycles. The van der Waals surface area contributed by atoms with Gasteiger partial charge in [0.25, 0.3) is 0 Å². The van der Waals surface area contributed by atoms with E-state index in [1.807, 2.05) is 0 Å². The minimum Gasteiger partial charge on any atom is -0.445 e. The average molecular weight is 379 g/mol. The van der Waals surface area contributed by atoms with Crippen LogP contribution < -0.4 is 5.32 Å². The first kappa shape index (κ1) is 20.5. The highest BCUT2D eigenvalue weighted by molar-refractivity contribution is 5.99. The van der Waals surface area contributed by atoms with Gasteiger partial charge in [-0.2, -0.15) is 13.2 Å². The maximum absolute atomic E-state index is 13.6. The van der Waals surface area contributed by atoms with Crippen molar-refractivity contribution in [1.29, 1.82) is 0 Å². The van der Waals surface area contributed by atoms with Crippen LogP contribution in [0, 0.1) is 5.92 Å². The van der Waals surface area contributed by atoms with E-state index in [4.69, 9.17) is 4.74 Å². The van der Waals surface area contributed by atoms with Crippen molar-refractivity contribution < 1.29 is 27.5 Å². The van der Waals surface area contributed by atoms with Gasteiger partial charge in [0.15, 0.2) is 5.78 Å². The lowest BCUT2D eigenvalue weighted by Crippen LogP contribution is -2.57. The number of ketones is 1. The van der Waals surface area contributed by atoms with Crippen LogP contribution in [0.2, 0.25) is 0 Å². The maximum Gasteiger partial charge on any atom is 0.407 e. The van der Waals surface area contributed by atoms with Gasteiger partial charge in [0, 0.05) is 5.56 Å². The van der Waals surface area contributed by atoms with Crippen LogP contribution in [0.4, 0.5) is 18.0 Å². The zero-order chi connectivity index (χ0) is 20.1. The van der Waals surface area contributed by atoms with Gasteiger partial charge >= 0.3 is 12.3 Å². The molecule has 0 saturated heterocycles. The van der Waals surface area contributed by atoms with Crippen molar-refractivity contribution in [1.82, 2.24) is 5.32 Å². The van der Waals surface area contributed by atoms with Gasteiger partial charge in [0.1, 0.15) is 12.5 Å². The molecule has 0 aliphatic heterocycles. The number of hydrogen-bond acceptors (Lipinski definition) is 3. The molecule has 2 aromatic carbocycles. The van der Waals surface area contributed by atoms with Gasteiger partial charge < -0.3 is 10.1 Å². The minimum absolute atomic E-state index is 0.0765. The summed E-state index contributed by atoms with van der Waals surface area (Å²) in [7, 11) is 0. The largest absolute Gasteiger partial charge is 0.445 e. The lowest BCUT2D eigenvalue weighted by atomic mass is 9.81. The van der Waals surface area contributed by atoms with Crippen LogP contribution >= 0.6 is 0 Å². The van der Waals surface area contributed by atoms with Gasteiger partial charge in [-0.25, -0.2) is 4.79 Å². The number of nitrogens with one attached hydrogen (secondary N) is 1. The van der Waals surface area contributed by atoms with E-state index >= 15 is 0 Å². The summed E-state index contributed by atoms with van der Waals surface area (Å²) in [6.45, 7) is 2.21. The van der Waals surface area contributed by atoms with Crippen molar-refractivity contribution in [2.24, 2.45) is 5.92 Å². The average Bonchev–Trinajstić information content (AvgIpc) is 2.59. The number of alkyl halides is 3. The third-order valence-electron chi connectivity index (χ3n) is 4.01. The summed E-state index contributed by atoms with van der Waals surface area (Å²) in [4.78, 5) is 24.5. The second kappa shape index (κ2) is 8.24. The number of ether oxygens (including phenoxy) is 1. The predicted octanol–water partition coefficient (Wildman–Crippen LogP) is 4.75. The van der Waals surface area contributed by atoms with Gasteiger partial charge in [-0.3, -0.25) is 4.79 Å². The standard InChI is InChI=1S/C20H20F3NO3/c1-19(2,24-18(26)27-13-14-9-5-3-6-10-14)17(20(21,22)23)16(25)15-11-7-4-8-12-15/h3-12,17H,13H2,1-2H3,(H,24,26)/t17-/m0/s1. The van der Waals surface area contributed by atoms with E-state index in [0.29, 0.717) is 5.56 Å². The predicted molar refractivity (Wildman–Crippen MR) is 94.2 cm³/mol. The molecule has 1 atom stereocenters. The van der Waals surface area contributed by atoms with Gasteiger partial charge in [0.05, 0.1) is 5.54 Å². The molecule has 0 radical (unpaired) electrons. The molecule has 0 unspecified atom stereocenters. The molecular formula is C20H20F3NO3. The van der Waals surface area contributed by atoms with E-state index in [-0.39, 0.29) is 12.2 Å². The van der Waals surface area contributed by atoms with Crippen LogP contribution in [-0.4, -0.2) is 23.6 Å². The number of halogens is 3. The number of Topliss-reactive ketones (excluding diaryl/α,β-unsaturated/α-hetero) is 1. The van der Waals surface area contributed by atoms with E-state index in [0.717, 1.165) is 13.8 Å². The summed E-state index contributed by atoms with van der Waals surface area (Å²) in [6, 6.07) is 15.9. The Morgan fingerprint density at radius 2 is 1.48 bits per heavy atom. The summed E-state index contributed by atoms with van der Waals surface area (Å²) in [5, 5.41) is 2.18.